The number of amides is 2. The van der Waals surface area contributed by atoms with E-state index in [2.05, 4.69) is 15.8 Å². The highest BCUT2D eigenvalue weighted by Crippen LogP contribution is 2.33. The molecule has 0 bridgehead atoms. The van der Waals surface area contributed by atoms with Crippen molar-refractivity contribution in [2.45, 2.75) is 19.9 Å². The Kier molecular flexibility index (Phi) is 8.50. The maximum atomic E-state index is 12.6. The van der Waals surface area contributed by atoms with Crippen LogP contribution >= 0.6 is 34.8 Å². The summed E-state index contributed by atoms with van der Waals surface area (Å²) in [6, 6.07) is 10.8. The normalized spacial score (nSPS) is 12.1. The number of halogens is 3. The summed E-state index contributed by atoms with van der Waals surface area (Å²) < 4.78 is 5.59. The van der Waals surface area contributed by atoms with Crippen molar-refractivity contribution < 1.29 is 18.9 Å². The zero-order valence-electron chi connectivity index (χ0n) is 18.4. The van der Waals surface area contributed by atoms with Gasteiger partial charge in [-0.2, -0.15) is 5.10 Å². The minimum Gasteiger partial charge on any atom is -0.455 e. The van der Waals surface area contributed by atoms with Gasteiger partial charge in [-0.1, -0.05) is 48.7 Å². The highest BCUT2D eigenvalue weighted by Gasteiger charge is 2.25. The van der Waals surface area contributed by atoms with Gasteiger partial charge >= 0.3 is 0 Å². The van der Waals surface area contributed by atoms with Crippen LogP contribution in [0.2, 0.25) is 15.1 Å². The molecule has 1 unspecified atom stereocenters. The van der Waals surface area contributed by atoms with Crippen LogP contribution in [0.1, 0.15) is 30.0 Å². The van der Waals surface area contributed by atoms with Crippen LogP contribution in [0.15, 0.2) is 58.0 Å². The highest BCUT2D eigenvalue weighted by atomic mass is 35.5. The molecule has 0 saturated heterocycles. The summed E-state index contributed by atoms with van der Waals surface area (Å²) in [5.74, 6) is -0.829. The number of carbonyl (C=O) groups excluding carboxylic acids is 2. The summed E-state index contributed by atoms with van der Waals surface area (Å²) in [5, 5.41) is 18.6. The van der Waals surface area contributed by atoms with Gasteiger partial charge in [0.25, 0.3) is 17.5 Å². The minimum atomic E-state index is -0.891. The number of nitro groups is 1. The Hall–Kier alpha value is -3.40. The van der Waals surface area contributed by atoms with Gasteiger partial charge < -0.3 is 9.73 Å². The predicted molar refractivity (Wildman–Crippen MR) is 134 cm³/mol. The molecule has 35 heavy (non-hydrogen) atoms. The summed E-state index contributed by atoms with van der Waals surface area (Å²) in [7, 11) is 0. The molecule has 2 N–H and O–H groups in total. The number of hydrazone groups is 1. The van der Waals surface area contributed by atoms with Gasteiger partial charge in [-0.15, -0.1) is 0 Å². The molecule has 3 aromatic rings. The molecule has 12 heteroatoms. The second-order valence-corrected chi connectivity index (χ2v) is 8.93. The van der Waals surface area contributed by atoms with E-state index in [0.29, 0.717) is 5.02 Å². The van der Waals surface area contributed by atoms with E-state index in [4.69, 9.17) is 39.2 Å². The number of nitrogens with zero attached hydrogens (tertiary/aromatic N) is 2. The second-order valence-electron chi connectivity index (χ2n) is 7.68. The topological polar surface area (TPSA) is 127 Å². The lowest BCUT2D eigenvalue weighted by Gasteiger charge is -2.20. The summed E-state index contributed by atoms with van der Waals surface area (Å²) >= 11 is 17.7. The van der Waals surface area contributed by atoms with Crippen molar-refractivity contribution in [3.63, 3.8) is 0 Å². The van der Waals surface area contributed by atoms with Crippen LogP contribution in [0.5, 0.6) is 0 Å². The Bertz CT molecular complexity index is 1310. The quantitative estimate of drug-likeness (QED) is 0.216. The first-order valence-corrected chi connectivity index (χ1v) is 11.3. The van der Waals surface area contributed by atoms with E-state index in [0.717, 1.165) is 0 Å². The van der Waals surface area contributed by atoms with Crippen LogP contribution < -0.4 is 10.7 Å². The molecule has 2 aromatic carbocycles. The first kappa shape index (κ1) is 26.2. The van der Waals surface area contributed by atoms with Gasteiger partial charge in [0.15, 0.2) is 0 Å². The van der Waals surface area contributed by atoms with Crippen molar-refractivity contribution in [3.05, 3.63) is 85.0 Å². The molecule has 0 spiro atoms. The first-order chi connectivity index (χ1) is 16.6. The third-order valence-electron chi connectivity index (χ3n) is 4.83. The molecule has 0 aliphatic heterocycles. The van der Waals surface area contributed by atoms with Gasteiger partial charge in [-0.3, -0.25) is 19.7 Å². The standard InChI is InChI=1S/C23H19Cl3N4O5/c1-12(2)21(28-22(31)13-3-7-17(25)18(26)9-13)23(32)29-27-11-15-5-8-20(35-15)16-6-4-14(24)10-19(16)30(33)34/h3-12,21H,1-2H3,(H,28,31)(H,29,32)/b27-11-. The number of carbonyl (C=O) groups is 2. The van der Waals surface area contributed by atoms with Crippen LogP contribution in [-0.4, -0.2) is 29.0 Å². The van der Waals surface area contributed by atoms with E-state index in [-0.39, 0.29) is 44.3 Å². The Morgan fingerprint density at radius 2 is 1.80 bits per heavy atom. The Balaban J connectivity index is 1.68. The van der Waals surface area contributed by atoms with Crippen molar-refractivity contribution in [3.8, 4) is 11.3 Å². The molecule has 1 heterocycles. The zero-order chi connectivity index (χ0) is 25.7. The number of hydrogen-bond acceptors (Lipinski definition) is 6. The van der Waals surface area contributed by atoms with Crippen LogP contribution in [0.4, 0.5) is 5.69 Å². The van der Waals surface area contributed by atoms with Crippen molar-refractivity contribution in [1.29, 1.82) is 0 Å². The Labute approximate surface area is 215 Å². The van der Waals surface area contributed by atoms with Gasteiger partial charge in [-0.25, -0.2) is 5.43 Å². The average Bonchev–Trinajstić information content (AvgIpc) is 3.27. The molecule has 0 fully saturated rings. The number of benzene rings is 2. The third kappa shape index (κ3) is 6.60. The molecule has 1 atom stereocenters. The lowest BCUT2D eigenvalue weighted by molar-refractivity contribution is -0.384. The lowest BCUT2D eigenvalue weighted by Crippen LogP contribution is -2.48. The monoisotopic (exact) mass is 536 g/mol. The molecule has 0 radical (unpaired) electrons. The molecule has 182 valence electrons. The molecule has 0 saturated carbocycles. The van der Waals surface area contributed by atoms with Crippen LogP contribution in [0.3, 0.4) is 0 Å². The fraction of sp³-hybridized carbons (Fsp3) is 0.174. The number of furan rings is 1. The second kappa shape index (κ2) is 11.4. The highest BCUT2D eigenvalue weighted by molar-refractivity contribution is 6.42. The van der Waals surface area contributed by atoms with Gasteiger partial charge in [0, 0.05) is 16.7 Å². The Morgan fingerprint density at radius 3 is 2.46 bits per heavy atom. The van der Waals surface area contributed by atoms with E-state index < -0.39 is 22.8 Å². The molecule has 0 aliphatic rings. The number of rotatable bonds is 8. The van der Waals surface area contributed by atoms with E-state index in [1.165, 1.54) is 54.7 Å². The summed E-state index contributed by atoms with van der Waals surface area (Å²) in [6.07, 6.45) is 1.24. The minimum absolute atomic E-state index is 0.207. The van der Waals surface area contributed by atoms with Crippen LogP contribution in [0.25, 0.3) is 11.3 Å². The fourth-order valence-corrected chi connectivity index (χ4v) is 3.52. The molecular formula is C23H19Cl3N4O5. The number of hydrogen-bond donors (Lipinski definition) is 2. The number of nitrogens with one attached hydrogen (secondary N) is 2. The van der Waals surface area contributed by atoms with Gasteiger partial charge in [0.2, 0.25) is 0 Å². The zero-order valence-corrected chi connectivity index (χ0v) is 20.7. The van der Waals surface area contributed by atoms with Crippen molar-refractivity contribution in [2.75, 3.05) is 0 Å². The summed E-state index contributed by atoms with van der Waals surface area (Å²) in [6.45, 7) is 3.53. The third-order valence-corrected chi connectivity index (χ3v) is 5.81. The van der Waals surface area contributed by atoms with E-state index in [1.54, 1.807) is 13.8 Å². The Morgan fingerprint density at radius 1 is 1.06 bits per heavy atom. The van der Waals surface area contributed by atoms with E-state index in [1.807, 2.05) is 0 Å². The summed E-state index contributed by atoms with van der Waals surface area (Å²) in [4.78, 5) is 35.9. The SMILES string of the molecule is CC(C)C(NC(=O)c1ccc(Cl)c(Cl)c1)C(=O)N/N=C\c1ccc(-c2ccc(Cl)cc2[N+](=O)[O-])o1. The van der Waals surface area contributed by atoms with Crippen molar-refractivity contribution >= 4 is 58.5 Å². The van der Waals surface area contributed by atoms with Gasteiger partial charge in [0.1, 0.15) is 17.6 Å². The van der Waals surface area contributed by atoms with Crippen LogP contribution in [0, 0.1) is 16.0 Å². The van der Waals surface area contributed by atoms with Crippen molar-refractivity contribution in [2.24, 2.45) is 11.0 Å². The fourth-order valence-electron chi connectivity index (χ4n) is 3.06. The average molecular weight is 538 g/mol. The lowest BCUT2D eigenvalue weighted by atomic mass is 10.0. The molecule has 3 rings (SSSR count). The molecule has 0 aliphatic carbocycles. The smallest absolute Gasteiger partial charge is 0.281 e. The largest absolute Gasteiger partial charge is 0.455 e. The maximum Gasteiger partial charge on any atom is 0.281 e. The van der Waals surface area contributed by atoms with Gasteiger partial charge in [-0.05, 0) is 48.4 Å². The first-order valence-electron chi connectivity index (χ1n) is 10.2. The van der Waals surface area contributed by atoms with E-state index in [9.17, 15) is 19.7 Å². The maximum absolute atomic E-state index is 12.6. The molecule has 9 nitrogen and oxygen atoms in total. The van der Waals surface area contributed by atoms with E-state index >= 15 is 0 Å². The molecular weight excluding hydrogens is 519 g/mol. The van der Waals surface area contributed by atoms with Gasteiger partial charge in [0.05, 0.1) is 26.7 Å². The number of nitro benzene ring substituents is 1. The van der Waals surface area contributed by atoms with Crippen LogP contribution in [-0.2, 0) is 4.79 Å². The predicted octanol–water partition coefficient (Wildman–Crippen LogP) is 5.72. The van der Waals surface area contributed by atoms with Crippen molar-refractivity contribution in [1.82, 2.24) is 10.7 Å². The molecule has 1 aromatic heterocycles. The molecule has 2 amide bonds. The summed E-state index contributed by atoms with van der Waals surface area (Å²) in [5.41, 5.74) is 2.65.